The van der Waals surface area contributed by atoms with Crippen LogP contribution in [0.5, 0.6) is 0 Å². The number of sulfonamides is 2. The molecule has 16 heteroatoms. The zero-order valence-electron chi connectivity index (χ0n) is 25.5. The summed E-state index contributed by atoms with van der Waals surface area (Å²) in [5.74, 6) is -1.10. The lowest BCUT2D eigenvalue weighted by molar-refractivity contribution is 0.101. The molecule has 0 saturated heterocycles. The highest BCUT2D eigenvalue weighted by atomic mass is 32.2. The molecule has 3 aromatic rings. The first kappa shape index (κ1) is 36.8. The SMILES string of the molecule is N#CCCN(CCC#N)S(=O)(=O)c1ccc(C(=O)Nc2cccc(NC(=O)c3ccc(S(=O)(=O)N(CCC#N)CCC#N)cc3)c2)cc1. The van der Waals surface area contributed by atoms with E-state index in [1.54, 1.807) is 18.2 Å². The van der Waals surface area contributed by atoms with Gasteiger partial charge in [0.15, 0.2) is 0 Å². The smallest absolute Gasteiger partial charge is 0.255 e. The number of hydrogen-bond donors (Lipinski definition) is 2. The summed E-state index contributed by atoms with van der Waals surface area (Å²) in [5.41, 5.74) is 0.950. The fraction of sp³-hybridized carbons (Fsp3) is 0.250. The van der Waals surface area contributed by atoms with Crippen LogP contribution in [-0.2, 0) is 20.0 Å². The third-order valence-electron chi connectivity index (χ3n) is 6.78. The van der Waals surface area contributed by atoms with Gasteiger partial charge in [0.2, 0.25) is 20.0 Å². The second-order valence-electron chi connectivity index (χ2n) is 9.98. The Labute approximate surface area is 279 Å². The van der Waals surface area contributed by atoms with Gasteiger partial charge in [-0.3, -0.25) is 9.59 Å². The Kier molecular flexibility index (Phi) is 13.3. The number of carbonyl (C=O) groups is 2. The summed E-state index contributed by atoms with van der Waals surface area (Å²) in [5, 5.41) is 40.8. The van der Waals surface area contributed by atoms with Crippen LogP contribution < -0.4 is 10.6 Å². The van der Waals surface area contributed by atoms with E-state index in [4.69, 9.17) is 21.0 Å². The Bertz CT molecular complexity index is 1830. The highest BCUT2D eigenvalue weighted by Gasteiger charge is 2.25. The van der Waals surface area contributed by atoms with E-state index in [9.17, 15) is 26.4 Å². The van der Waals surface area contributed by atoms with Gasteiger partial charge in [0.25, 0.3) is 11.8 Å². The van der Waals surface area contributed by atoms with Crippen molar-refractivity contribution >= 4 is 43.2 Å². The third-order valence-corrected chi connectivity index (χ3v) is 10.6. The maximum absolute atomic E-state index is 13.0. The van der Waals surface area contributed by atoms with Gasteiger partial charge in [-0.15, -0.1) is 0 Å². The van der Waals surface area contributed by atoms with Crippen molar-refractivity contribution in [2.24, 2.45) is 0 Å². The lowest BCUT2D eigenvalue weighted by Gasteiger charge is -2.20. The van der Waals surface area contributed by atoms with E-state index in [1.165, 1.54) is 54.6 Å². The minimum atomic E-state index is -4.00. The number of amides is 2. The van der Waals surface area contributed by atoms with E-state index < -0.39 is 31.9 Å². The largest absolute Gasteiger partial charge is 0.322 e. The number of nitrogens with zero attached hydrogens (tertiary/aromatic N) is 6. The van der Waals surface area contributed by atoms with Gasteiger partial charge >= 0.3 is 0 Å². The maximum atomic E-state index is 13.0. The van der Waals surface area contributed by atoms with Crippen LogP contribution in [0.2, 0.25) is 0 Å². The van der Waals surface area contributed by atoms with Crippen LogP contribution in [0.3, 0.4) is 0 Å². The van der Waals surface area contributed by atoms with Crippen molar-refractivity contribution in [3.05, 3.63) is 83.9 Å². The number of nitriles is 4. The molecule has 0 radical (unpaired) electrons. The molecule has 0 atom stereocenters. The number of rotatable bonds is 16. The quantitative estimate of drug-likeness (QED) is 0.221. The van der Waals surface area contributed by atoms with Crippen molar-refractivity contribution in [3.63, 3.8) is 0 Å². The Hall–Kier alpha value is -5.62. The summed E-state index contributed by atoms with van der Waals surface area (Å²) < 4.78 is 54.2. The molecule has 3 rings (SSSR count). The molecule has 246 valence electrons. The number of benzene rings is 3. The van der Waals surface area contributed by atoms with E-state index in [2.05, 4.69) is 10.6 Å². The Balaban J connectivity index is 1.68. The second-order valence-corrected chi connectivity index (χ2v) is 13.9. The first-order valence-electron chi connectivity index (χ1n) is 14.4. The summed E-state index contributed by atoms with van der Waals surface area (Å²) in [4.78, 5) is 25.6. The molecule has 0 aromatic heterocycles. The Morgan fingerprint density at radius 1 is 0.542 bits per heavy atom. The molecule has 0 aliphatic heterocycles. The molecule has 0 fully saturated rings. The van der Waals surface area contributed by atoms with Crippen molar-refractivity contribution < 1.29 is 26.4 Å². The lowest BCUT2D eigenvalue weighted by Crippen LogP contribution is -2.32. The molecule has 48 heavy (non-hydrogen) atoms. The van der Waals surface area contributed by atoms with Gasteiger partial charge in [-0.05, 0) is 66.7 Å². The van der Waals surface area contributed by atoms with E-state index in [-0.39, 0.29) is 72.8 Å². The van der Waals surface area contributed by atoms with E-state index in [0.29, 0.717) is 11.4 Å². The van der Waals surface area contributed by atoms with E-state index >= 15 is 0 Å². The van der Waals surface area contributed by atoms with Gasteiger partial charge in [0.05, 0.1) is 34.1 Å². The first-order valence-corrected chi connectivity index (χ1v) is 17.3. The molecular formula is C32H30N8O6S2. The summed E-state index contributed by atoms with van der Waals surface area (Å²) >= 11 is 0. The minimum Gasteiger partial charge on any atom is -0.322 e. The summed E-state index contributed by atoms with van der Waals surface area (Å²) in [6.07, 6.45) is -0.182. The zero-order valence-corrected chi connectivity index (χ0v) is 27.2. The molecule has 0 saturated carbocycles. The first-order chi connectivity index (χ1) is 23.0. The van der Waals surface area contributed by atoms with Gasteiger partial charge < -0.3 is 10.6 Å². The third kappa shape index (κ3) is 9.69. The van der Waals surface area contributed by atoms with Gasteiger partial charge in [-0.1, -0.05) is 6.07 Å². The topological polar surface area (TPSA) is 228 Å². The monoisotopic (exact) mass is 686 g/mol. The minimum absolute atomic E-state index is 0.0455. The normalized spacial score (nSPS) is 11.1. The fourth-order valence-electron chi connectivity index (χ4n) is 4.34. The standard InChI is InChI=1S/C32H30N8O6S2/c33-16-2-20-39(21-3-17-34)47(43,44)29-12-8-25(9-13-29)31(41)37-27-6-1-7-28(24-27)38-32(42)26-10-14-30(15-11-26)48(45,46)40(22-4-18-35)23-5-19-36/h1,6-15,24H,2-5,20-23H2,(H,37,41)(H,38,42). The van der Waals surface area contributed by atoms with Gasteiger partial charge in [-0.25, -0.2) is 16.8 Å². The molecule has 3 aromatic carbocycles. The van der Waals surface area contributed by atoms with Crippen molar-refractivity contribution in [1.29, 1.82) is 21.0 Å². The van der Waals surface area contributed by atoms with Crippen LogP contribution in [0, 0.1) is 45.3 Å². The molecule has 0 spiro atoms. The van der Waals surface area contributed by atoms with Crippen molar-refractivity contribution in [1.82, 2.24) is 8.61 Å². The molecule has 0 aliphatic rings. The van der Waals surface area contributed by atoms with E-state index in [1.807, 2.05) is 24.3 Å². The second kappa shape index (κ2) is 17.3. The number of nitrogens with one attached hydrogen (secondary N) is 2. The van der Waals surface area contributed by atoms with Crippen molar-refractivity contribution in [3.8, 4) is 24.3 Å². The Morgan fingerprint density at radius 3 is 1.15 bits per heavy atom. The van der Waals surface area contributed by atoms with E-state index in [0.717, 1.165) is 8.61 Å². The van der Waals surface area contributed by atoms with Crippen LogP contribution >= 0.6 is 0 Å². The predicted molar refractivity (Wildman–Crippen MR) is 174 cm³/mol. The van der Waals surface area contributed by atoms with Crippen molar-refractivity contribution in [2.75, 3.05) is 36.8 Å². The fourth-order valence-corrected chi connectivity index (χ4v) is 7.22. The van der Waals surface area contributed by atoms with Gasteiger partial charge in [0, 0.05) is 74.4 Å². The summed E-state index contributed by atoms with van der Waals surface area (Å²) in [7, 11) is -8.00. The molecule has 0 heterocycles. The maximum Gasteiger partial charge on any atom is 0.255 e. The highest BCUT2D eigenvalue weighted by molar-refractivity contribution is 7.89. The van der Waals surface area contributed by atoms with Gasteiger partial charge in [-0.2, -0.15) is 29.7 Å². The molecule has 14 nitrogen and oxygen atoms in total. The average Bonchev–Trinajstić information content (AvgIpc) is 3.08. The Morgan fingerprint density at radius 2 is 0.854 bits per heavy atom. The number of hydrogen-bond acceptors (Lipinski definition) is 10. The number of carbonyl (C=O) groups excluding carboxylic acids is 2. The molecule has 0 bridgehead atoms. The average molecular weight is 687 g/mol. The zero-order chi connectivity index (χ0) is 35.2. The van der Waals surface area contributed by atoms with Crippen molar-refractivity contribution in [2.45, 2.75) is 35.5 Å². The predicted octanol–water partition coefficient (Wildman–Crippen LogP) is 3.83. The highest BCUT2D eigenvalue weighted by Crippen LogP contribution is 2.21. The summed E-state index contributed by atoms with van der Waals surface area (Å²) in [6, 6.07) is 24.2. The van der Waals surface area contributed by atoms with Crippen LogP contribution in [0.1, 0.15) is 46.4 Å². The summed E-state index contributed by atoms with van der Waals surface area (Å²) in [6.45, 7) is -0.294. The lowest BCUT2D eigenvalue weighted by atomic mass is 10.2. The molecular weight excluding hydrogens is 657 g/mol. The van der Waals surface area contributed by atoms with Gasteiger partial charge in [0.1, 0.15) is 0 Å². The van der Waals surface area contributed by atoms with Crippen LogP contribution in [0.15, 0.2) is 82.6 Å². The van der Waals surface area contributed by atoms with Crippen LogP contribution in [0.4, 0.5) is 11.4 Å². The number of anilines is 2. The molecule has 2 N–H and O–H groups in total. The van der Waals surface area contributed by atoms with Crippen LogP contribution in [0.25, 0.3) is 0 Å². The molecule has 2 amide bonds. The van der Waals surface area contributed by atoms with Crippen LogP contribution in [-0.4, -0.2) is 63.4 Å². The molecule has 0 aliphatic carbocycles. The molecule has 0 unspecified atom stereocenters.